The summed E-state index contributed by atoms with van der Waals surface area (Å²) >= 11 is 0. The van der Waals surface area contributed by atoms with Crippen LogP contribution in [0.4, 0.5) is 9.18 Å². The third kappa shape index (κ3) is 5.82. The molecule has 1 fully saturated rings. The first kappa shape index (κ1) is 22.2. The van der Waals surface area contributed by atoms with Gasteiger partial charge in [0.05, 0.1) is 0 Å². The number of hydrogen-bond donors (Lipinski definition) is 1. The number of likely N-dealkylation sites (tertiary alicyclic amines) is 1. The number of nitrogens with two attached hydrogens (primary N) is 1. The fourth-order valence-electron chi connectivity index (χ4n) is 3.76. The third-order valence-electron chi connectivity index (χ3n) is 5.40. The van der Waals surface area contributed by atoms with Gasteiger partial charge in [0.1, 0.15) is 24.7 Å². The molecule has 0 radical (unpaired) electrons. The molecule has 0 saturated carbocycles. The Morgan fingerprint density at radius 3 is 2.58 bits per heavy atom. The third-order valence-corrected chi connectivity index (χ3v) is 5.40. The van der Waals surface area contributed by atoms with E-state index in [2.05, 4.69) is 15.4 Å². The fraction of sp³-hybridized carbons (Fsp3) is 0.318. The zero-order valence-electron chi connectivity index (χ0n) is 17.7. The van der Waals surface area contributed by atoms with Gasteiger partial charge in [-0.3, -0.25) is 4.79 Å². The second-order valence-electron chi connectivity index (χ2n) is 7.67. The average molecular weight is 454 g/mol. The van der Waals surface area contributed by atoms with Gasteiger partial charge in [-0.15, -0.1) is 10.2 Å². The zero-order valence-corrected chi connectivity index (χ0v) is 17.7. The summed E-state index contributed by atoms with van der Waals surface area (Å²) in [5, 5.41) is 11.2. The van der Waals surface area contributed by atoms with Gasteiger partial charge in [-0.25, -0.2) is 9.18 Å². The maximum absolute atomic E-state index is 13.2. The van der Waals surface area contributed by atoms with E-state index >= 15 is 0 Å². The highest BCUT2D eigenvalue weighted by Crippen LogP contribution is 2.28. The number of amides is 2. The molecule has 2 aromatic carbocycles. The topological polar surface area (TPSA) is 125 Å². The molecule has 10 nitrogen and oxygen atoms in total. The summed E-state index contributed by atoms with van der Waals surface area (Å²) in [5.41, 5.74) is 6.69. The summed E-state index contributed by atoms with van der Waals surface area (Å²) in [6.45, 7) is 1.37. The molecule has 3 aromatic rings. The predicted molar refractivity (Wildman–Crippen MR) is 114 cm³/mol. The van der Waals surface area contributed by atoms with Gasteiger partial charge in [0.2, 0.25) is 0 Å². The molecule has 2 atom stereocenters. The van der Waals surface area contributed by atoms with Gasteiger partial charge < -0.3 is 20.1 Å². The van der Waals surface area contributed by atoms with Crippen molar-refractivity contribution in [3.05, 3.63) is 71.8 Å². The summed E-state index contributed by atoms with van der Waals surface area (Å²) in [6.07, 6.45) is 0.445. The molecule has 2 amide bonds. The Bertz CT molecular complexity index is 1080. The Balaban J connectivity index is 1.32. The first-order valence-electron chi connectivity index (χ1n) is 10.4. The van der Waals surface area contributed by atoms with E-state index in [4.69, 9.17) is 15.2 Å². The summed E-state index contributed by atoms with van der Waals surface area (Å²) < 4.78 is 23.9. The first-order valence-corrected chi connectivity index (χ1v) is 10.4. The first-order chi connectivity index (χ1) is 16.0. The van der Waals surface area contributed by atoms with Crippen LogP contribution in [0.1, 0.15) is 28.3 Å². The molecule has 0 bridgehead atoms. The summed E-state index contributed by atoms with van der Waals surface area (Å²) in [6, 6.07) is 13.2. The number of rotatable bonds is 8. The molecule has 172 valence electrons. The van der Waals surface area contributed by atoms with Gasteiger partial charge in [-0.2, -0.15) is 4.80 Å². The molecule has 33 heavy (non-hydrogen) atoms. The molecule has 1 unspecified atom stereocenters. The van der Waals surface area contributed by atoms with Crippen LogP contribution in [0.15, 0.2) is 54.9 Å². The molecule has 2 heterocycles. The fourth-order valence-corrected chi connectivity index (χ4v) is 3.76. The van der Waals surface area contributed by atoms with Crippen LogP contribution >= 0.6 is 0 Å². The van der Waals surface area contributed by atoms with Crippen molar-refractivity contribution < 1.29 is 23.5 Å². The highest BCUT2D eigenvalue weighted by atomic mass is 19.1. The van der Waals surface area contributed by atoms with E-state index in [1.165, 1.54) is 23.3 Å². The van der Waals surface area contributed by atoms with Crippen LogP contribution in [-0.4, -0.2) is 62.9 Å². The number of halogens is 1. The average Bonchev–Trinajstić information content (AvgIpc) is 3.50. The van der Waals surface area contributed by atoms with Crippen LogP contribution < -0.4 is 10.5 Å². The number of hydrogen-bond acceptors (Lipinski definition) is 7. The number of tetrazole rings is 1. The number of carbonyl (C=O) groups excluding carboxylic acids is 2. The van der Waals surface area contributed by atoms with Crippen molar-refractivity contribution in [2.24, 2.45) is 5.73 Å². The maximum Gasteiger partial charge on any atom is 0.404 e. The number of nitrogens with zero attached hydrogens (tertiary/aromatic N) is 5. The Kier molecular flexibility index (Phi) is 6.77. The van der Waals surface area contributed by atoms with Crippen molar-refractivity contribution >= 4 is 12.0 Å². The number of ether oxygens (including phenoxy) is 2. The van der Waals surface area contributed by atoms with E-state index in [0.29, 0.717) is 24.4 Å². The monoisotopic (exact) mass is 454 g/mol. The molecule has 1 saturated heterocycles. The predicted octanol–water partition coefficient (Wildman–Crippen LogP) is 1.98. The lowest BCUT2D eigenvalue weighted by molar-refractivity contribution is 0.0559. The maximum atomic E-state index is 13.2. The van der Waals surface area contributed by atoms with Crippen LogP contribution in [0.25, 0.3) is 0 Å². The minimum atomic E-state index is -0.936. The molecule has 1 aromatic heterocycles. The largest absolute Gasteiger partial charge is 0.490 e. The SMILES string of the molecule is NC(=O)OC(COc1ccc(C(=O)N2CC[C@H](c3ccc(F)cc3)C2)cc1)Cn1ncnn1. The summed E-state index contributed by atoms with van der Waals surface area (Å²) in [5.74, 6) is 0.355. The van der Waals surface area contributed by atoms with Crippen molar-refractivity contribution in [2.75, 3.05) is 19.7 Å². The van der Waals surface area contributed by atoms with E-state index in [1.54, 1.807) is 41.3 Å². The summed E-state index contributed by atoms with van der Waals surface area (Å²) in [7, 11) is 0. The van der Waals surface area contributed by atoms with E-state index in [0.717, 1.165) is 12.0 Å². The van der Waals surface area contributed by atoms with Crippen LogP contribution in [0, 0.1) is 5.82 Å². The molecular weight excluding hydrogens is 431 g/mol. The van der Waals surface area contributed by atoms with E-state index in [9.17, 15) is 14.0 Å². The normalized spacial score (nSPS) is 16.4. The number of carbonyl (C=O) groups is 2. The van der Waals surface area contributed by atoms with Gasteiger partial charge in [-0.05, 0) is 53.6 Å². The smallest absolute Gasteiger partial charge is 0.404 e. The van der Waals surface area contributed by atoms with Crippen LogP contribution in [-0.2, 0) is 11.3 Å². The highest BCUT2D eigenvalue weighted by Gasteiger charge is 2.28. The number of primary amides is 1. The van der Waals surface area contributed by atoms with Gasteiger partial charge in [0, 0.05) is 24.6 Å². The Labute approximate surface area is 189 Å². The van der Waals surface area contributed by atoms with Crippen LogP contribution in [0.2, 0.25) is 0 Å². The van der Waals surface area contributed by atoms with Crippen molar-refractivity contribution in [2.45, 2.75) is 25.0 Å². The molecule has 1 aliphatic heterocycles. The Morgan fingerprint density at radius 2 is 1.91 bits per heavy atom. The molecule has 0 spiro atoms. The Morgan fingerprint density at radius 1 is 1.15 bits per heavy atom. The van der Waals surface area contributed by atoms with E-state index in [1.807, 2.05) is 0 Å². The highest BCUT2D eigenvalue weighted by molar-refractivity contribution is 5.94. The van der Waals surface area contributed by atoms with Gasteiger partial charge >= 0.3 is 6.09 Å². The van der Waals surface area contributed by atoms with E-state index < -0.39 is 12.2 Å². The number of benzene rings is 2. The van der Waals surface area contributed by atoms with Crippen LogP contribution in [0.3, 0.4) is 0 Å². The minimum absolute atomic E-state index is 0.0171. The number of aromatic nitrogens is 4. The second-order valence-corrected chi connectivity index (χ2v) is 7.67. The van der Waals surface area contributed by atoms with Crippen molar-refractivity contribution in [3.8, 4) is 5.75 Å². The van der Waals surface area contributed by atoms with Crippen molar-refractivity contribution in [1.82, 2.24) is 25.1 Å². The van der Waals surface area contributed by atoms with Crippen molar-refractivity contribution in [1.29, 1.82) is 0 Å². The molecule has 4 rings (SSSR count). The van der Waals surface area contributed by atoms with Gasteiger partial charge in [0.25, 0.3) is 5.91 Å². The lowest BCUT2D eigenvalue weighted by Gasteiger charge is -2.18. The molecular formula is C22H23FN6O4. The minimum Gasteiger partial charge on any atom is -0.490 e. The van der Waals surface area contributed by atoms with Crippen molar-refractivity contribution in [3.63, 3.8) is 0 Å². The lowest BCUT2D eigenvalue weighted by Crippen LogP contribution is -2.32. The zero-order chi connectivity index (χ0) is 23.2. The van der Waals surface area contributed by atoms with Gasteiger partial charge in [0.15, 0.2) is 12.4 Å². The Hall–Kier alpha value is -4.02. The lowest BCUT2D eigenvalue weighted by atomic mass is 9.99. The van der Waals surface area contributed by atoms with E-state index in [-0.39, 0.29) is 30.8 Å². The molecule has 0 aliphatic carbocycles. The molecule has 11 heteroatoms. The molecule has 2 N–H and O–H groups in total. The molecule has 1 aliphatic rings. The quantitative estimate of drug-likeness (QED) is 0.552. The standard InChI is InChI=1S/C22H23FN6O4/c23-18-5-1-15(2-6-18)17-9-10-28(11-17)21(30)16-3-7-19(8-4-16)32-13-20(33-22(24)31)12-29-26-14-25-27-29/h1-8,14,17,20H,9-13H2,(H2,24,31)/t17-,20?/m0/s1. The van der Waals surface area contributed by atoms with Crippen LogP contribution in [0.5, 0.6) is 5.75 Å². The second kappa shape index (κ2) is 10.1. The van der Waals surface area contributed by atoms with Gasteiger partial charge in [-0.1, -0.05) is 12.1 Å². The summed E-state index contributed by atoms with van der Waals surface area (Å²) in [4.78, 5) is 27.1.